The van der Waals surface area contributed by atoms with E-state index in [4.69, 9.17) is 0 Å². The van der Waals surface area contributed by atoms with Crippen LogP contribution in [-0.2, 0) is 11.3 Å². The quantitative estimate of drug-likeness (QED) is 0.667. The van der Waals surface area contributed by atoms with Crippen molar-refractivity contribution in [2.45, 2.75) is 13.0 Å². The molecule has 0 aromatic heterocycles. The van der Waals surface area contributed by atoms with Crippen molar-refractivity contribution in [2.24, 2.45) is 0 Å². The van der Waals surface area contributed by atoms with Crippen LogP contribution in [0.2, 0.25) is 0 Å². The van der Waals surface area contributed by atoms with Gasteiger partial charge in [-0.2, -0.15) is 0 Å². The van der Waals surface area contributed by atoms with E-state index in [1.54, 1.807) is 0 Å². The van der Waals surface area contributed by atoms with E-state index < -0.39 is 0 Å². The van der Waals surface area contributed by atoms with E-state index in [0.717, 1.165) is 13.1 Å². The van der Waals surface area contributed by atoms with Crippen molar-refractivity contribution >= 4 is 5.91 Å². The molecule has 1 amide bonds. The van der Waals surface area contributed by atoms with Crippen LogP contribution in [0.4, 0.5) is 0 Å². The van der Waals surface area contributed by atoms with E-state index in [-0.39, 0.29) is 5.91 Å². The molecule has 2 heteroatoms. The highest BCUT2D eigenvalue weighted by atomic mass is 16.2. The fourth-order valence-corrected chi connectivity index (χ4v) is 1.53. The zero-order valence-corrected chi connectivity index (χ0v) is 7.44. The van der Waals surface area contributed by atoms with Gasteiger partial charge in [0.1, 0.15) is 0 Å². The van der Waals surface area contributed by atoms with Gasteiger partial charge in [-0.25, -0.2) is 0 Å². The van der Waals surface area contributed by atoms with Gasteiger partial charge < -0.3 is 4.90 Å². The summed E-state index contributed by atoms with van der Waals surface area (Å²) in [6.45, 7) is 1.55. The van der Waals surface area contributed by atoms with Gasteiger partial charge in [-0.05, 0) is 12.0 Å². The third-order valence-corrected chi connectivity index (χ3v) is 2.24. The number of likely N-dealkylation sites (tertiary alicyclic amines) is 1. The Kier molecular flexibility index (Phi) is 2.30. The first-order chi connectivity index (χ1) is 6.36. The molecule has 1 fully saturated rings. The van der Waals surface area contributed by atoms with Gasteiger partial charge in [-0.3, -0.25) is 4.79 Å². The molecular formula is C11H12NO. The summed E-state index contributed by atoms with van der Waals surface area (Å²) < 4.78 is 0. The first-order valence-electron chi connectivity index (χ1n) is 4.49. The van der Waals surface area contributed by atoms with Gasteiger partial charge in [0, 0.05) is 19.5 Å². The van der Waals surface area contributed by atoms with Crippen LogP contribution in [-0.4, -0.2) is 17.4 Å². The Labute approximate surface area is 78.2 Å². The predicted molar refractivity (Wildman–Crippen MR) is 50.8 cm³/mol. The topological polar surface area (TPSA) is 20.3 Å². The van der Waals surface area contributed by atoms with E-state index in [9.17, 15) is 4.79 Å². The van der Waals surface area contributed by atoms with E-state index in [0.29, 0.717) is 6.42 Å². The second-order valence-electron chi connectivity index (χ2n) is 3.25. The summed E-state index contributed by atoms with van der Waals surface area (Å²) in [6, 6.07) is 10.1. The van der Waals surface area contributed by atoms with Gasteiger partial charge in [0.2, 0.25) is 5.91 Å². The SMILES string of the molecule is O=C1C[CH]CN1Cc1ccccc1. The Hall–Kier alpha value is -1.31. The predicted octanol–water partition coefficient (Wildman–Crippen LogP) is 1.62. The molecule has 0 bridgehead atoms. The van der Waals surface area contributed by atoms with Crippen LogP contribution < -0.4 is 0 Å². The molecule has 0 N–H and O–H groups in total. The Bertz CT molecular complexity index is 294. The maximum atomic E-state index is 11.3. The number of hydrogen-bond donors (Lipinski definition) is 0. The Morgan fingerprint density at radius 3 is 2.62 bits per heavy atom. The van der Waals surface area contributed by atoms with Gasteiger partial charge in [-0.15, -0.1) is 0 Å². The molecule has 1 aliphatic heterocycles. The van der Waals surface area contributed by atoms with E-state index in [1.165, 1.54) is 5.56 Å². The van der Waals surface area contributed by atoms with Crippen LogP contribution in [0.5, 0.6) is 0 Å². The van der Waals surface area contributed by atoms with Crippen molar-refractivity contribution < 1.29 is 4.79 Å². The fraction of sp³-hybridized carbons (Fsp3) is 0.273. The van der Waals surface area contributed by atoms with Gasteiger partial charge >= 0.3 is 0 Å². The third kappa shape index (κ3) is 1.89. The lowest BCUT2D eigenvalue weighted by Crippen LogP contribution is -2.23. The van der Waals surface area contributed by atoms with Crippen LogP contribution in [0.15, 0.2) is 30.3 Å². The van der Waals surface area contributed by atoms with Gasteiger partial charge in [0.15, 0.2) is 0 Å². The fourth-order valence-electron chi connectivity index (χ4n) is 1.53. The van der Waals surface area contributed by atoms with Crippen molar-refractivity contribution in [3.8, 4) is 0 Å². The minimum Gasteiger partial charge on any atom is -0.338 e. The molecule has 1 aromatic carbocycles. The summed E-state index contributed by atoms with van der Waals surface area (Å²) in [5.74, 6) is 0.240. The lowest BCUT2D eigenvalue weighted by Gasteiger charge is -2.14. The molecule has 2 nitrogen and oxygen atoms in total. The molecule has 1 heterocycles. The highest BCUT2D eigenvalue weighted by Gasteiger charge is 2.19. The number of benzene rings is 1. The molecule has 1 aromatic rings. The molecule has 1 saturated heterocycles. The molecule has 0 spiro atoms. The molecule has 1 aliphatic rings. The van der Waals surface area contributed by atoms with Crippen molar-refractivity contribution in [2.75, 3.05) is 6.54 Å². The lowest BCUT2D eigenvalue weighted by molar-refractivity contribution is -0.128. The zero-order valence-electron chi connectivity index (χ0n) is 7.44. The second-order valence-corrected chi connectivity index (χ2v) is 3.25. The first-order valence-corrected chi connectivity index (χ1v) is 4.49. The Balaban J connectivity index is 2.02. The largest absolute Gasteiger partial charge is 0.338 e. The van der Waals surface area contributed by atoms with E-state index in [1.807, 2.05) is 41.7 Å². The number of carbonyl (C=O) groups excluding carboxylic acids is 1. The summed E-state index contributed by atoms with van der Waals surface area (Å²) in [7, 11) is 0. The van der Waals surface area contributed by atoms with Crippen molar-refractivity contribution in [3.05, 3.63) is 42.3 Å². The Morgan fingerprint density at radius 2 is 2.00 bits per heavy atom. The molecule has 0 atom stereocenters. The summed E-state index contributed by atoms with van der Waals surface area (Å²) in [5, 5.41) is 0. The number of hydrogen-bond acceptors (Lipinski definition) is 1. The van der Waals surface area contributed by atoms with E-state index >= 15 is 0 Å². The zero-order chi connectivity index (χ0) is 9.10. The van der Waals surface area contributed by atoms with E-state index in [2.05, 4.69) is 0 Å². The standard InChI is InChI=1S/C11H12NO/c13-11-7-4-8-12(11)9-10-5-2-1-3-6-10/h1-6H,7-9H2. The first kappa shape index (κ1) is 8.30. The van der Waals surface area contributed by atoms with Crippen molar-refractivity contribution in [1.82, 2.24) is 4.90 Å². The number of nitrogens with zero attached hydrogens (tertiary/aromatic N) is 1. The maximum absolute atomic E-state index is 11.3. The maximum Gasteiger partial charge on any atom is 0.223 e. The molecule has 2 rings (SSSR count). The van der Waals surface area contributed by atoms with Crippen LogP contribution in [0.1, 0.15) is 12.0 Å². The molecular weight excluding hydrogens is 162 g/mol. The van der Waals surface area contributed by atoms with Gasteiger partial charge in [0.05, 0.1) is 0 Å². The third-order valence-electron chi connectivity index (χ3n) is 2.24. The second kappa shape index (κ2) is 3.60. The highest BCUT2D eigenvalue weighted by Crippen LogP contribution is 2.12. The highest BCUT2D eigenvalue weighted by molar-refractivity contribution is 5.79. The van der Waals surface area contributed by atoms with Crippen molar-refractivity contribution in [3.63, 3.8) is 0 Å². The van der Waals surface area contributed by atoms with Crippen LogP contribution in [0.25, 0.3) is 0 Å². The monoisotopic (exact) mass is 174 g/mol. The van der Waals surface area contributed by atoms with Crippen LogP contribution in [0.3, 0.4) is 0 Å². The minimum atomic E-state index is 0.240. The molecule has 67 valence electrons. The molecule has 0 unspecified atom stereocenters. The normalized spacial score (nSPS) is 16.6. The number of carbonyl (C=O) groups is 1. The van der Waals surface area contributed by atoms with Crippen LogP contribution >= 0.6 is 0 Å². The summed E-state index contributed by atoms with van der Waals surface area (Å²) in [5.41, 5.74) is 1.20. The molecule has 0 aliphatic carbocycles. The minimum absolute atomic E-state index is 0.240. The van der Waals surface area contributed by atoms with Crippen molar-refractivity contribution in [1.29, 1.82) is 0 Å². The van der Waals surface area contributed by atoms with Crippen LogP contribution in [0, 0.1) is 6.42 Å². The van der Waals surface area contributed by atoms with Gasteiger partial charge in [0.25, 0.3) is 0 Å². The molecule has 1 radical (unpaired) electrons. The Morgan fingerprint density at radius 1 is 1.23 bits per heavy atom. The molecule has 13 heavy (non-hydrogen) atoms. The number of amides is 1. The summed E-state index contributed by atoms with van der Waals surface area (Å²) in [4.78, 5) is 13.1. The average molecular weight is 174 g/mol. The average Bonchev–Trinajstić information content (AvgIpc) is 2.54. The summed E-state index contributed by atoms with van der Waals surface area (Å²) in [6.07, 6.45) is 2.62. The van der Waals surface area contributed by atoms with Gasteiger partial charge in [-0.1, -0.05) is 30.3 Å². The molecule has 0 saturated carbocycles. The lowest BCUT2D eigenvalue weighted by atomic mass is 10.2. The smallest absolute Gasteiger partial charge is 0.223 e. The number of rotatable bonds is 2. The summed E-state index contributed by atoms with van der Waals surface area (Å²) >= 11 is 0.